The Morgan fingerprint density at radius 2 is 1.86 bits per heavy atom. The molecule has 0 aliphatic rings. The molecule has 0 radical (unpaired) electrons. The monoisotopic (exact) mass is 279 g/mol. The van der Waals surface area contributed by atoms with E-state index in [1.807, 2.05) is 12.3 Å². The van der Waals surface area contributed by atoms with Crippen LogP contribution in [0.4, 0.5) is 5.69 Å². The molecule has 0 bridgehead atoms. The van der Waals surface area contributed by atoms with Gasteiger partial charge in [0.1, 0.15) is 0 Å². The molecule has 3 heteroatoms. The lowest BCUT2D eigenvalue weighted by Crippen LogP contribution is -2.17. The van der Waals surface area contributed by atoms with Gasteiger partial charge in [-0.3, -0.25) is 4.98 Å². The zero-order valence-corrected chi connectivity index (χ0v) is 12.4. The summed E-state index contributed by atoms with van der Waals surface area (Å²) in [5.74, 6) is 0. The summed E-state index contributed by atoms with van der Waals surface area (Å²) >= 11 is 0. The number of aromatic nitrogens is 1. The van der Waals surface area contributed by atoms with E-state index in [4.69, 9.17) is 0 Å². The molecule has 2 aromatic carbocycles. The molecule has 3 rings (SSSR count). The predicted octanol–water partition coefficient (Wildman–Crippen LogP) is 3.80. The number of benzene rings is 2. The van der Waals surface area contributed by atoms with E-state index in [1.165, 1.54) is 21.8 Å². The zero-order chi connectivity index (χ0) is 14.5. The number of hydrogen-bond donors (Lipinski definition) is 2. The Kier molecular flexibility index (Phi) is 4.31. The topological polar surface area (TPSA) is 37.0 Å². The van der Waals surface area contributed by atoms with Crippen LogP contribution < -0.4 is 10.6 Å². The highest BCUT2D eigenvalue weighted by Gasteiger charge is 2.07. The molecule has 2 N–H and O–H groups in total. The van der Waals surface area contributed by atoms with E-state index < -0.39 is 0 Å². The molecule has 0 aliphatic heterocycles. The summed E-state index contributed by atoms with van der Waals surface area (Å²) in [4.78, 5) is 4.50. The van der Waals surface area contributed by atoms with Gasteiger partial charge >= 0.3 is 0 Å². The maximum Gasteiger partial charge on any atom is 0.0729 e. The van der Waals surface area contributed by atoms with Gasteiger partial charge in [-0.25, -0.2) is 0 Å². The normalized spacial score (nSPS) is 11.1. The number of nitrogens with zero attached hydrogens (tertiary/aromatic N) is 1. The van der Waals surface area contributed by atoms with Crippen LogP contribution in [-0.4, -0.2) is 24.6 Å². The number of pyridine rings is 1. The lowest BCUT2D eigenvalue weighted by atomic mass is 10.0. The largest absolute Gasteiger partial charge is 0.384 e. The summed E-state index contributed by atoms with van der Waals surface area (Å²) in [5.41, 5.74) is 2.25. The molecule has 0 saturated heterocycles. The van der Waals surface area contributed by atoms with Crippen LogP contribution in [0.5, 0.6) is 0 Å². The average molecular weight is 279 g/mol. The van der Waals surface area contributed by atoms with Crippen molar-refractivity contribution in [3.8, 4) is 0 Å². The number of anilines is 1. The van der Waals surface area contributed by atoms with Crippen LogP contribution in [0.15, 0.2) is 48.7 Å². The third-order valence-corrected chi connectivity index (χ3v) is 3.71. The molecule has 0 atom stereocenters. The molecule has 0 amide bonds. The Labute approximate surface area is 125 Å². The van der Waals surface area contributed by atoms with Crippen molar-refractivity contribution in [2.75, 3.05) is 25.0 Å². The first kappa shape index (κ1) is 13.8. The van der Waals surface area contributed by atoms with Crippen molar-refractivity contribution in [1.29, 1.82) is 0 Å². The summed E-state index contributed by atoms with van der Waals surface area (Å²) in [6.07, 6.45) is 2.96. The molecule has 1 aromatic heterocycles. The van der Waals surface area contributed by atoms with E-state index in [1.54, 1.807) is 0 Å². The first-order valence-electron chi connectivity index (χ1n) is 7.61. The van der Waals surface area contributed by atoms with Gasteiger partial charge < -0.3 is 10.6 Å². The van der Waals surface area contributed by atoms with Gasteiger partial charge in [0.25, 0.3) is 0 Å². The third-order valence-electron chi connectivity index (χ3n) is 3.71. The molecule has 0 unspecified atom stereocenters. The van der Waals surface area contributed by atoms with Crippen molar-refractivity contribution < 1.29 is 0 Å². The minimum absolute atomic E-state index is 0.963. The maximum atomic E-state index is 4.50. The molecular weight excluding hydrogens is 258 g/mol. The fourth-order valence-corrected chi connectivity index (χ4v) is 2.68. The summed E-state index contributed by atoms with van der Waals surface area (Å²) in [7, 11) is 0. The van der Waals surface area contributed by atoms with Gasteiger partial charge in [-0.15, -0.1) is 0 Å². The minimum atomic E-state index is 0.963. The Bertz CT molecular complexity index is 683. The number of rotatable bonds is 6. The summed E-state index contributed by atoms with van der Waals surface area (Å²) in [6, 6.07) is 14.8. The van der Waals surface area contributed by atoms with Crippen LogP contribution in [-0.2, 0) is 0 Å². The predicted molar refractivity (Wildman–Crippen MR) is 90.9 cm³/mol. The smallest absolute Gasteiger partial charge is 0.0729 e. The second-order valence-corrected chi connectivity index (χ2v) is 5.18. The Morgan fingerprint density at radius 1 is 1.00 bits per heavy atom. The number of nitrogens with one attached hydrogen (secondary N) is 2. The van der Waals surface area contributed by atoms with Gasteiger partial charge in [0, 0.05) is 23.5 Å². The quantitative estimate of drug-likeness (QED) is 0.532. The van der Waals surface area contributed by atoms with E-state index in [9.17, 15) is 0 Å². The standard InChI is InChI=1S/C18H21N3/c1-2-19-10-6-12-21-18-15-8-4-3-7-14(15)13-17-16(18)9-5-11-20-17/h3-5,7-9,11,13,19,21H,2,6,10,12H2,1H3. The molecule has 108 valence electrons. The van der Waals surface area contributed by atoms with Crippen LogP contribution in [0.3, 0.4) is 0 Å². The van der Waals surface area contributed by atoms with Gasteiger partial charge in [0.05, 0.1) is 11.2 Å². The molecule has 0 fully saturated rings. The van der Waals surface area contributed by atoms with Gasteiger partial charge in [-0.05, 0) is 43.1 Å². The second kappa shape index (κ2) is 6.55. The second-order valence-electron chi connectivity index (χ2n) is 5.18. The lowest BCUT2D eigenvalue weighted by Gasteiger charge is -2.13. The average Bonchev–Trinajstić information content (AvgIpc) is 2.53. The zero-order valence-electron chi connectivity index (χ0n) is 12.4. The molecule has 21 heavy (non-hydrogen) atoms. The van der Waals surface area contributed by atoms with Crippen LogP contribution in [0.25, 0.3) is 21.7 Å². The first-order valence-corrected chi connectivity index (χ1v) is 7.61. The van der Waals surface area contributed by atoms with Gasteiger partial charge in [-0.2, -0.15) is 0 Å². The molecule has 3 aromatic rings. The van der Waals surface area contributed by atoms with Crippen LogP contribution >= 0.6 is 0 Å². The molecule has 3 nitrogen and oxygen atoms in total. The summed E-state index contributed by atoms with van der Waals surface area (Å²) in [6.45, 7) is 5.17. The highest BCUT2D eigenvalue weighted by atomic mass is 14.9. The van der Waals surface area contributed by atoms with Gasteiger partial charge in [0.15, 0.2) is 0 Å². The van der Waals surface area contributed by atoms with Gasteiger partial charge in [0.2, 0.25) is 0 Å². The maximum absolute atomic E-state index is 4.50. The number of fused-ring (bicyclic) bond motifs is 2. The minimum Gasteiger partial charge on any atom is -0.384 e. The van der Waals surface area contributed by atoms with E-state index in [0.29, 0.717) is 0 Å². The summed E-state index contributed by atoms with van der Waals surface area (Å²) in [5, 5.41) is 10.7. The SMILES string of the molecule is CCNCCCNc1c2ccccc2cc2ncccc12. The lowest BCUT2D eigenvalue weighted by molar-refractivity contribution is 0.689. The van der Waals surface area contributed by atoms with E-state index in [2.05, 4.69) is 58.9 Å². The fourth-order valence-electron chi connectivity index (χ4n) is 2.68. The summed E-state index contributed by atoms with van der Waals surface area (Å²) < 4.78 is 0. The van der Waals surface area contributed by atoms with E-state index >= 15 is 0 Å². The van der Waals surface area contributed by atoms with Crippen molar-refractivity contribution in [2.24, 2.45) is 0 Å². The highest BCUT2D eigenvalue weighted by Crippen LogP contribution is 2.31. The van der Waals surface area contributed by atoms with E-state index in [-0.39, 0.29) is 0 Å². The van der Waals surface area contributed by atoms with Crippen LogP contribution in [0.2, 0.25) is 0 Å². The van der Waals surface area contributed by atoms with Crippen molar-refractivity contribution in [2.45, 2.75) is 13.3 Å². The molecular formula is C18H21N3. The van der Waals surface area contributed by atoms with Crippen molar-refractivity contribution in [3.05, 3.63) is 48.7 Å². The molecule has 0 aliphatic carbocycles. The van der Waals surface area contributed by atoms with Crippen LogP contribution in [0.1, 0.15) is 13.3 Å². The van der Waals surface area contributed by atoms with Crippen LogP contribution in [0, 0.1) is 0 Å². The fraction of sp³-hybridized carbons (Fsp3) is 0.278. The Morgan fingerprint density at radius 3 is 2.76 bits per heavy atom. The molecule has 0 saturated carbocycles. The van der Waals surface area contributed by atoms with Crippen molar-refractivity contribution in [1.82, 2.24) is 10.3 Å². The Balaban J connectivity index is 1.96. The first-order chi connectivity index (χ1) is 10.4. The Hall–Kier alpha value is -2.13. The number of hydrogen-bond acceptors (Lipinski definition) is 3. The van der Waals surface area contributed by atoms with Crippen molar-refractivity contribution >= 4 is 27.4 Å². The highest BCUT2D eigenvalue weighted by molar-refractivity contribution is 6.09. The van der Waals surface area contributed by atoms with Gasteiger partial charge in [-0.1, -0.05) is 31.2 Å². The third kappa shape index (κ3) is 2.98. The van der Waals surface area contributed by atoms with E-state index in [0.717, 1.165) is 31.6 Å². The molecule has 0 spiro atoms. The van der Waals surface area contributed by atoms with Crippen molar-refractivity contribution in [3.63, 3.8) is 0 Å². The molecule has 1 heterocycles.